The number of hydrogen-bond acceptors (Lipinski definition) is 5. The molecule has 1 aliphatic carbocycles. The van der Waals surface area contributed by atoms with Crippen molar-refractivity contribution in [2.75, 3.05) is 45.3 Å². The summed E-state index contributed by atoms with van der Waals surface area (Å²) in [6, 6.07) is 0. The Morgan fingerprint density at radius 3 is 2.43 bits per heavy atom. The molecule has 1 unspecified atom stereocenters. The number of ether oxygens (including phenoxy) is 2. The zero-order valence-corrected chi connectivity index (χ0v) is 12.4. The van der Waals surface area contributed by atoms with Crippen LogP contribution in [0.1, 0.15) is 12.8 Å². The molecule has 1 saturated carbocycles. The van der Waals surface area contributed by atoms with E-state index in [1.807, 2.05) is 0 Å². The maximum absolute atomic E-state index is 14.1. The van der Waals surface area contributed by atoms with Crippen LogP contribution >= 0.6 is 0 Å². The highest BCUT2D eigenvalue weighted by atomic mass is 32.2. The topological polar surface area (TPSA) is 65.1 Å². The van der Waals surface area contributed by atoms with Crippen LogP contribution in [0.2, 0.25) is 0 Å². The van der Waals surface area contributed by atoms with Gasteiger partial charge in [-0.05, 0) is 12.8 Å². The maximum Gasteiger partial charge on any atom is 0.258 e. The number of hydrogen-bond donors (Lipinski definition) is 0. The Kier molecular flexibility index (Phi) is 3.98. The molecule has 0 radical (unpaired) electrons. The van der Waals surface area contributed by atoms with Gasteiger partial charge in [0.1, 0.15) is 0 Å². The Bertz CT molecular complexity index is 484. The van der Waals surface area contributed by atoms with Gasteiger partial charge in [-0.3, -0.25) is 4.84 Å². The first kappa shape index (κ1) is 15.5. The molecule has 0 aromatic rings. The molecule has 6 nitrogen and oxygen atoms in total. The first-order chi connectivity index (χ1) is 9.90. The van der Waals surface area contributed by atoms with Gasteiger partial charge in [0.2, 0.25) is 10.0 Å². The molecule has 0 aromatic carbocycles. The summed E-state index contributed by atoms with van der Waals surface area (Å²) < 4.78 is 63.8. The Hall–Kier alpha value is -0.350. The van der Waals surface area contributed by atoms with E-state index in [1.165, 1.54) is 0 Å². The summed E-state index contributed by atoms with van der Waals surface area (Å²) in [5.41, 5.74) is -1.21. The largest absolute Gasteiger partial charge is 0.381 e. The molecule has 0 N–H and O–H groups in total. The van der Waals surface area contributed by atoms with E-state index >= 15 is 0 Å². The predicted octanol–water partition coefficient (Wildman–Crippen LogP) is 0.642. The Morgan fingerprint density at radius 1 is 1.05 bits per heavy atom. The summed E-state index contributed by atoms with van der Waals surface area (Å²) in [5, 5.41) is 0. The summed E-state index contributed by atoms with van der Waals surface area (Å²) >= 11 is 0. The molecular formula is C12H19F2NO5S. The Morgan fingerprint density at radius 2 is 1.71 bits per heavy atom. The van der Waals surface area contributed by atoms with Crippen molar-refractivity contribution in [1.82, 2.24) is 4.47 Å². The highest BCUT2D eigenvalue weighted by Crippen LogP contribution is 2.70. The second kappa shape index (κ2) is 5.38. The number of nitrogens with zero attached hydrogens (tertiary/aromatic N) is 1. The third kappa shape index (κ3) is 2.59. The highest BCUT2D eigenvalue weighted by molar-refractivity contribution is 7.88. The Labute approximate surface area is 122 Å². The van der Waals surface area contributed by atoms with E-state index in [4.69, 9.17) is 14.3 Å². The van der Waals surface area contributed by atoms with E-state index in [2.05, 4.69) is 0 Å². The van der Waals surface area contributed by atoms with Crippen molar-refractivity contribution in [2.45, 2.75) is 18.8 Å². The van der Waals surface area contributed by atoms with E-state index in [1.54, 1.807) is 0 Å². The van der Waals surface area contributed by atoms with Crippen LogP contribution in [0.15, 0.2) is 0 Å². The van der Waals surface area contributed by atoms with Gasteiger partial charge in [0.05, 0.1) is 38.0 Å². The molecule has 9 heteroatoms. The molecule has 0 aromatic heterocycles. The minimum absolute atomic E-state index is 0.0384. The summed E-state index contributed by atoms with van der Waals surface area (Å²) in [7, 11) is -3.88. The third-order valence-electron chi connectivity index (χ3n) is 4.64. The van der Waals surface area contributed by atoms with Crippen molar-refractivity contribution in [1.29, 1.82) is 0 Å². The van der Waals surface area contributed by atoms with E-state index in [0.29, 0.717) is 6.61 Å². The van der Waals surface area contributed by atoms with Gasteiger partial charge in [0.25, 0.3) is 5.92 Å². The van der Waals surface area contributed by atoms with Gasteiger partial charge in [0, 0.05) is 18.6 Å². The number of hydroxylamine groups is 1. The Balaban J connectivity index is 1.70. The van der Waals surface area contributed by atoms with E-state index in [-0.39, 0.29) is 45.8 Å². The van der Waals surface area contributed by atoms with Crippen LogP contribution in [-0.2, 0) is 24.3 Å². The predicted molar refractivity (Wildman–Crippen MR) is 68.2 cm³/mol. The molecule has 2 saturated heterocycles. The zero-order valence-electron chi connectivity index (χ0n) is 11.6. The lowest BCUT2D eigenvalue weighted by atomic mass is 9.94. The van der Waals surface area contributed by atoms with Crippen molar-refractivity contribution in [3.63, 3.8) is 0 Å². The van der Waals surface area contributed by atoms with Crippen LogP contribution < -0.4 is 0 Å². The van der Waals surface area contributed by atoms with E-state index in [0.717, 1.165) is 4.47 Å². The number of halogens is 2. The van der Waals surface area contributed by atoms with Gasteiger partial charge in [-0.15, -0.1) is 0 Å². The van der Waals surface area contributed by atoms with Crippen molar-refractivity contribution >= 4 is 10.0 Å². The molecule has 1 atom stereocenters. The van der Waals surface area contributed by atoms with Crippen LogP contribution in [0, 0.1) is 11.3 Å². The molecule has 3 aliphatic rings. The lowest BCUT2D eigenvalue weighted by Crippen LogP contribution is -2.36. The smallest absolute Gasteiger partial charge is 0.258 e. The normalized spacial score (nSPS) is 32.8. The minimum Gasteiger partial charge on any atom is -0.381 e. The van der Waals surface area contributed by atoms with Gasteiger partial charge >= 0.3 is 0 Å². The van der Waals surface area contributed by atoms with Gasteiger partial charge in [-0.25, -0.2) is 17.2 Å². The van der Waals surface area contributed by atoms with E-state index < -0.39 is 33.0 Å². The van der Waals surface area contributed by atoms with E-state index in [9.17, 15) is 17.2 Å². The number of alkyl halides is 2. The molecule has 2 heterocycles. The zero-order chi connectivity index (χ0) is 15.1. The van der Waals surface area contributed by atoms with Crippen LogP contribution in [0.5, 0.6) is 0 Å². The van der Waals surface area contributed by atoms with Crippen LogP contribution in [0.4, 0.5) is 8.78 Å². The van der Waals surface area contributed by atoms with Crippen molar-refractivity contribution in [3.05, 3.63) is 0 Å². The first-order valence-electron chi connectivity index (χ1n) is 7.07. The average molecular weight is 327 g/mol. The van der Waals surface area contributed by atoms with Crippen LogP contribution in [-0.4, -0.2) is 64.1 Å². The van der Waals surface area contributed by atoms with Gasteiger partial charge in [-0.1, -0.05) is 4.47 Å². The fraction of sp³-hybridized carbons (Fsp3) is 1.00. The average Bonchev–Trinajstić information content (AvgIpc) is 3.02. The summed E-state index contributed by atoms with van der Waals surface area (Å²) in [6.07, 6.45) is 0.425. The molecule has 3 rings (SSSR count). The van der Waals surface area contributed by atoms with Gasteiger partial charge in [-0.2, -0.15) is 0 Å². The lowest BCUT2D eigenvalue weighted by molar-refractivity contribution is -0.0719. The molecule has 2 aliphatic heterocycles. The number of rotatable bonds is 3. The third-order valence-corrected chi connectivity index (χ3v) is 6.30. The summed E-state index contributed by atoms with van der Waals surface area (Å²) in [4.78, 5) is 5.09. The lowest BCUT2D eigenvalue weighted by Gasteiger charge is -2.23. The number of sulfonamides is 1. The minimum atomic E-state index is -3.88. The maximum atomic E-state index is 14.1. The first-order valence-corrected chi connectivity index (χ1v) is 8.68. The second-order valence-corrected chi connectivity index (χ2v) is 7.60. The molecule has 3 fully saturated rings. The fourth-order valence-electron chi connectivity index (χ4n) is 3.29. The molecular weight excluding hydrogens is 308 g/mol. The molecule has 21 heavy (non-hydrogen) atoms. The summed E-state index contributed by atoms with van der Waals surface area (Å²) in [5.74, 6) is -4.67. The fourth-order valence-corrected chi connectivity index (χ4v) is 4.99. The van der Waals surface area contributed by atoms with Crippen molar-refractivity contribution in [2.24, 2.45) is 11.3 Å². The van der Waals surface area contributed by atoms with Crippen molar-refractivity contribution in [3.8, 4) is 0 Å². The van der Waals surface area contributed by atoms with Gasteiger partial charge < -0.3 is 9.47 Å². The summed E-state index contributed by atoms with van der Waals surface area (Å²) in [6.45, 7) is 1.18. The molecule has 0 amide bonds. The highest BCUT2D eigenvalue weighted by Gasteiger charge is 2.80. The molecule has 122 valence electrons. The van der Waals surface area contributed by atoms with Gasteiger partial charge in [0.15, 0.2) is 0 Å². The van der Waals surface area contributed by atoms with Crippen molar-refractivity contribution < 1.29 is 31.5 Å². The molecule has 0 bridgehead atoms. The SMILES string of the molecule is O=S(=O)(CC1C(F)(F)C12CCOCC2)N1CCOCCO1. The van der Waals surface area contributed by atoms with Crippen LogP contribution in [0.3, 0.4) is 0 Å². The van der Waals surface area contributed by atoms with Crippen LogP contribution in [0.25, 0.3) is 0 Å². The second-order valence-electron chi connectivity index (χ2n) is 5.69. The standard InChI is InChI=1S/C12H19F2NO5S/c13-12(14)10(11(12)1-4-18-5-2-11)9-21(16,17)15-3-6-19-7-8-20-15/h10H,1-9H2. The quantitative estimate of drug-likeness (QED) is 0.761. The monoisotopic (exact) mass is 327 g/mol. The molecule has 1 spiro atoms.